The highest BCUT2D eigenvalue weighted by Gasteiger charge is 2.23. The van der Waals surface area contributed by atoms with Crippen LogP contribution in [0.4, 0.5) is 0 Å². The maximum absolute atomic E-state index is 11.8. The van der Waals surface area contributed by atoms with E-state index in [-0.39, 0.29) is 6.61 Å². The zero-order valence-corrected chi connectivity index (χ0v) is 11.9. The molecule has 0 aliphatic rings. The molecule has 0 amide bonds. The average molecular weight is 287 g/mol. The average Bonchev–Trinajstić information content (AvgIpc) is 2.40. The van der Waals surface area contributed by atoms with Gasteiger partial charge in [0.05, 0.1) is 18.2 Å². The molecule has 1 aromatic rings. The Bertz CT molecular complexity index is 420. The van der Waals surface area contributed by atoms with Gasteiger partial charge in [0.2, 0.25) is 0 Å². The summed E-state index contributed by atoms with van der Waals surface area (Å²) in [5.41, 5.74) is 0.554. The van der Waals surface area contributed by atoms with Crippen molar-refractivity contribution in [1.82, 2.24) is 0 Å². The summed E-state index contributed by atoms with van der Waals surface area (Å²) in [7, 11) is 0. The van der Waals surface area contributed by atoms with Gasteiger partial charge in [-0.25, -0.2) is 4.79 Å². The van der Waals surface area contributed by atoms with Crippen molar-refractivity contribution in [1.29, 1.82) is 0 Å². The molecule has 1 N–H and O–H groups in total. The van der Waals surface area contributed by atoms with Gasteiger partial charge in [-0.1, -0.05) is 37.1 Å². The number of carbonyl (C=O) groups excluding carboxylic acids is 1. The van der Waals surface area contributed by atoms with E-state index in [1.54, 1.807) is 25.1 Å². The quantitative estimate of drug-likeness (QED) is 0.783. The van der Waals surface area contributed by atoms with E-state index >= 15 is 0 Å². The van der Waals surface area contributed by atoms with Crippen LogP contribution >= 0.6 is 11.6 Å². The van der Waals surface area contributed by atoms with Crippen molar-refractivity contribution in [2.24, 2.45) is 0 Å². The summed E-state index contributed by atoms with van der Waals surface area (Å²) < 4.78 is 10.6. The molecule has 0 heterocycles. The lowest BCUT2D eigenvalue weighted by Crippen LogP contribution is -2.29. The fourth-order valence-corrected chi connectivity index (χ4v) is 1.91. The van der Waals surface area contributed by atoms with Crippen molar-refractivity contribution in [2.45, 2.75) is 39.4 Å². The number of hydrogen-bond donors (Lipinski definition) is 1. The molecule has 0 aliphatic carbocycles. The van der Waals surface area contributed by atoms with Gasteiger partial charge in [0.1, 0.15) is 5.75 Å². The Labute approximate surface area is 118 Å². The van der Waals surface area contributed by atoms with Gasteiger partial charge < -0.3 is 14.6 Å². The molecule has 1 atom stereocenters. The van der Waals surface area contributed by atoms with Gasteiger partial charge in [-0.15, -0.1) is 0 Å². The maximum atomic E-state index is 11.8. The second kappa shape index (κ2) is 8.02. The third-order valence-corrected chi connectivity index (χ3v) is 2.88. The predicted octanol–water partition coefficient (Wildman–Crippen LogP) is 2.94. The SMILES string of the molecule is CCCC(Oc1c(Cl)cccc1CO)C(=O)OCC. The highest BCUT2D eigenvalue weighted by molar-refractivity contribution is 6.32. The minimum absolute atomic E-state index is 0.197. The van der Waals surface area contributed by atoms with Crippen LogP contribution in [0.1, 0.15) is 32.3 Å². The molecule has 0 saturated heterocycles. The summed E-state index contributed by atoms with van der Waals surface area (Å²) in [6, 6.07) is 5.08. The van der Waals surface area contributed by atoms with Gasteiger partial charge >= 0.3 is 5.97 Å². The molecular formula is C14H19ClO4. The summed E-state index contributed by atoms with van der Waals surface area (Å²) in [6.45, 7) is 3.81. The Kier molecular flexibility index (Phi) is 6.67. The lowest BCUT2D eigenvalue weighted by atomic mass is 10.2. The van der Waals surface area contributed by atoms with Gasteiger partial charge in [0.15, 0.2) is 6.10 Å². The van der Waals surface area contributed by atoms with Crippen LogP contribution in [0.15, 0.2) is 18.2 Å². The number of aliphatic hydroxyl groups excluding tert-OH is 1. The molecule has 0 bridgehead atoms. The molecule has 19 heavy (non-hydrogen) atoms. The minimum Gasteiger partial charge on any atom is -0.477 e. The molecule has 0 radical (unpaired) electrons. The van der Waals surface area contributed by atoms with Crippen molar-refractivity contribution < 1.29 is 19.4 Å². The smallest absolute Gasteiger partial charge is 0.347 e. The Morgan fingerprint density at radius 1 is 1.42 bits per heavy atom. The molecule has 0 saturated carbocycles. The van der Waals surface area contributed by atoms with Gasteiger partial charge in [-0.05, 0) is 19.4 Å². The van der Waals surface area contributed by atoms with E-state index in [0.29, 0.717) is 29.4 Å². The third kappa shape index (κ3) is 4.40. The van der Waals surface area contributed by atoms with Gasteiger partial charge in [-0.2, -0.15) is 0 Å². The van der Waals surface area contributed by atoms with Crippen molar-refractivity contribution >= 4 is 17.6 Å². The molecule has 4 nitrogen and oxygen atoms in total. The number of para-hydroxylation sites is 1. The monoisotopic (exact) mass is 286 g/mol. The van der Waals surface area contributed by atoms with Crippen LogP contribution < -0.4 is 4.74 Å². The van der Waals surface area contributed by atoms with Crippen molar-refractivity contribution in [3.8, 4) is 5.75 Å². The normalized spacial score (nSPS) is 12.0. The van der Waals surface area contributed by atoms with E-state index in [9.17, 15) is 9.90 Å². The van der Waals surface area contributed by atoms with E-state index in [0.717, 1.165) is 6.42 Å². The van der Waals surface area contributed by atoms with Crippen LogP contribution in [0.3, 0.4) is 0 Å². The molecule has 0 fully saturated rings. The van der Waals surface area contributed by atoms with E-state index in [1.807, 2.05) is 6.92 Å². The molecule has 0 spiro atoms. The number of benzene rings is 1. The first kappa shape index (κ1) is 15.8. The Morgan fingerprint density at radius 2 is 2.16 bits per heavy atom. The molecule has 106 valence electrons. The highest BCUT2D eigenvalue weighted by Crippen LogP contribution is 2.30. The topological polar surface area (TPSA) is 55.8 Å². The number of ether oxygens (including phenoxy) is 2. The number of halogens is 1. The Balaban J connectivity index is 2.92. The maximum Gasteiger partial charge on any atom is 0.347 e. The molecular weight excluding hydrogens is 268 g/mol. The number of carbonyl (C=O) groups is 1. The number of esters is 1. The van der Waals surface area contributed by atoms with Crippen molar-refractivity contribution in [3.05, 3.63) is 28.8 Å². The summed E-state index contributed by atoms with van der Waals surface area (Å²) in [6.07, 6.45) is 0.618. The Hall–Kier alpha value is -1.26. The fourth-order valence-electron chi connectivity index (χ4n) is 1.67. The minimum atomic E-state index is -0.699. The molecule has 1 rings (SSSR count). The first-order chi connectivity index (χ1) is 9.13. The van der Waals surface area contributed by atoms with Crippen molar-refractivity contribution in [2.75, 3.05) is 6.61 Å². The summed E-state index contributed by atoms with van der Waals surface area (Å²) in [5.74, 6) is -0.0636. The van der Waals surface area contributed by atoms with Gasteiger partial charge in [0.25, 0.3) is 0 Å². The second-order valence-corrected chi connectivity index (χ2v) is 4.44. The number of aliphatic hydroxyl groups is 1. The van der Waals surface area contributed by atoms with Gasteiger partial charge in [-0.3, -0.25) is 0 Å². The predicted molar refractivity (Wildman–Crippen MR) is 73.3 cm³/mol. The number of hydrogen-bond acceptors (Lipinski definition) is 4. The molecule has 0 aromatic heterocycles. The second-order valence-electron chi connectivity index (χ2n) is 4.03. The first-order valence-electron chi connectivity index (χ1n) is 6.35. The lowest BCUT2D eigenvalue weighted by molar-refractivity contribution is -0.151. The van der Waals surface area contributed by atoms with Crippen LogP contribution in [-0.4, -0.2) is 23.8 Å². The molecule has 5 heteroatoms. The molecule has 1 unspecified atom stereocenters. The standard InChI is InChI=1S/C14H19ClO4/c1-3-6-12(14(17)18-4-2)19-13-10(9-16)7-5-8-11(13)15/h5,7-8,12,16H,3-4,6,9H2,1-2H3. The Morgan fingerprint density at radius 3 is 2.74 bits per heavy atom. The van der Waals surface area contributed by atoms with E-state index in [4.69, 9.17) is 21.1 Å². The van der Waals surface area contributed by atoms with Crippen LogP contribution in [0.2, 0.25) is 5.02 Å². The number of rotatable bonds is 7. The van der Waals surface area contributed by atoms with Crippen LogP contribution in [0, 0.1) is 0 Å². The highest BCUT2D eigenvalue weighted by atomic mass is 35.5. The lowest BCUT2D eigenvalue weighted by Gasteiger charge is -2.19. The summed E-state index contributed by atoms with van der Waals surface area (Å²) in [5, 5.41) is 9.64. The van der Waals surface area contributed by atoms with E-state index in [2.05, 4.69) is 0 Å². The van der Waals surface area contributed by atoms with Crippen molar-refractivity contribution in [3.63, 3.8) is 0 Å². The largest absolute Gasteiger partial charge is 0.477 e. The zero-order valence-electron chi connectivity index (χ0n) is 11.2. The first-order valence-corrected chi connectivity index (χ1v) is 6.73. The molecule has 0 aliphatic heterocycles. The van der Waals surface area contributed by atoms with Crippen LogP contribution in [0.5, 0.6) is 5.75 Å². The summed E-state index contributed by atoms with van der Waals surface area (Å²) in [4.78, 5) is 11.8. The molecule has 1 aromatic carbocycles. The van der Waals surface area contributed by atoms with E-state index < -0.39 is 12.1 Å². The third-order valence-electron chi connectivity index (χ3n) is 2.58. The van der Waals surface area contributed by atoms with Crippen LogP contribution in [0.25, 0.3) is 0 Å². The van der Waals surface area contributed by atoms with Crippen LogP contribution in [-0.2, 0) is 16.1 Å². The summed E-state index contributed by atoms with van der Waals surface area (Å²) >= 11 is 6.05. The zero-order chi connectivity index (χ0) is 14.3. The van der Waals surface area contributed by atoms with E-state index in [1.165, 1.54) is 0 Å². The fraction of sp³-hybridized carbons (Fsp3) is 0.500. The van der Waals surface area contributed by atoms with Gasteiger partial charge in [0, 0.05) is 5.56 Å².